The first-order valence-corrected chi connectivity index (χ1v) is 9.49. The van der Waals surface area contributed by atoms with Crippen LogP contribution in [-0.2, 0) is 6.42 Å². The fraction of sp³-hybridized carbons (Fsp3) is 0.143. The Bertz CT molecular complexity index is 840. The molecule has 0 saturated heterocycles. The Balaban J connectivity index is 1.62. The van der Waals surface area contributed by atoms with Crippen LogP contribution in [0.5, 0.6) is 0 Å². The van der Waals surface area contributed by atoms with Crippen LogP contribution in [0.25, 0.3) is 0 Å². The number of thioether (sulfide) groups is 1. The molecule has 6 nitrogen and oxygen atoms in total. The molecule has 2 N–H and O–H groups in total. The van der Waals surface area contributed by atoms with E-state index in [1.54, 1.807) is 22.9 Å². The number of aromatic nitrogens is 3. The number of thiazole rings is 1. The van der Waals surface area contributed by atoms with Gasteiger partial charge in [0.1, 0.15) is 5.82 Å². The summed E-state index contributed by atoms with van der Waals surface area (Å²) in [5, 5.41) is 21.1. The highest BCUT2D eigenvalue weighted by atomic mass is 79.9. The van der Waals surface area contributed by atoms with Crippen molar-refractivity contribution in [1.82, 2.24) is 15.3 Å². The highest BCUT2D eigenvalue weighted by Gasteiger charge is 2.16. The second kappa shape index (κ2) is 7.86. The summed E-state index contributed by atoms with van der Waals surface area (Å²) in [5.41, 5.74) is 3.70. The minimum absolute atomic E-state index is 0.0333. The van der Waals surface area contributed by atoms with Crippen LogP contribution in [-0.4, -0.2) is 26.9 Å². The van der Waals surface area contributed by atoms with E-state index in [0.717, 1.165) is 17.9 Å². The Morgan fingerprint density at radius 1 is 1.42 bits per heavy atom. The van der Waals surface area contributed by atoms with Gasteiger partial charge in [0.25, 0.3) is 0 Å². The van der Waals surface area contributed by atoms with E-state index in [1.165, 1.54) is 23.9 Å². The smallest absolute Gasteiger partial charge is 0.183 e. The normalized spacial score (nSPS) is 10.8. The van der Waals surface area contributed by atoms with Gasteiger partial charge in [-0.3, -0.25) is 5.41 Å². The van der Waals surface area contributed by atoms with Crippen molar-refractivity contribution >= 4 is 50.6 Å². The Hall–Kier alpha value is -1.78. The molecule has 124 valence electrons. The summed E-state index contributed by atoms with van der Waals surface area (Å²) in [4.78, 5) is 4.22. The molecule has 0 radical (unpaired) electrons. The molecule has 0 atom stereocenters. The molecule has 0 aliphatic carbocycles. The molecule has 2 heterocycles. The van der Waals surface area contributed by atoms with Gasteiger partial charge in [-0.1, -0.05) is 0 Å². The first-order chi connectivity index (χ1) is 11.6. The molecule has 0 spiro atoms. The van der Waals surface area contributed by atoms with Crippen molar-refractivity contribution in [2.75, 3.05) is 11.1 Å². The van der Waals surface area contributed by atoms with Crippen LogP contribution < -0.4 is 5.32 Å². The van der Waals surface area contributed by atoms with E-state index in [1.807, 2.05) is 5.38 Å². The molecule has 0 saturated carbocycles. The molecule has 0 aliphatic heterocycles. The van der Waals surface area contributed by atoms with Crippen LogP contribution in [0, 0.1) is 11.2 Å². The Morgan fingerprint density at radius 3 is 3.04 bits per heavy atom. The lowest BCUT2D eigenvalue weighted by Crippen LogP contribution is -2.13. The van der Waals surface area contributed by atoms with E-state index in [4.69, 9.17) is 10.0 Å². The van der Waals surface area contributed by atoms with Crippen LogP contribution in [0.1, 0.15) is 11.4 Å². The number of hydrogen-bond acceptors (Lipinski definition) is 7. The second-order valence-corrected chi connectivity index (χ2v) is 7.28. The van der Waals surface area contributed by atoms with Crippen molar-refractivity contribution in [2.24, 2.45) is 0 Å². The van der Waals surface area contributed by atoms with Gasteiger partial charge in [0.15, 0.2) is 16.6 Å². The Morgan fingerprint density at radius 2 is 2.29 bits per heavy atom. The van der Waals surface area contributed by atoms with Gasteiger partial charge in [0.2, 0.25) is 0 Å². The van der Waals surface area contributed by atoms with Crippen LogP contribution in [0.4, 0.5) is 10.1 Å². The SMILES string of the molecule is N=C(Nc1ccc(F)c(Br)c1)c1nonc1SCCc1cscn1. The predicted molar refractivity (Wildman–Crippen MR) is 95.4 cm³/mol. The molecule has 0 bridgehead atoms. The quantitative estimate of drug-likeness (QED) is 0.348. The fourth-order valence-electron chi connectivity index (χ4n) is 1.82. The van der Waals surface area contributed by atoms with E-state index in [0.29, 0.717) is 20.9 Å². The predicted octanol–water partition coefficient (Wildman–Crippen LogP) is 4.20. The molecule has 24 heavy (non-hydrogen) atoms. The molecule has 3 rings (SSSR count). The van der Waals surface area contributed by atoms with E-state index in [9.17, 15) is 4.39 Å². The average Bonchev–Trinajstić information content (AvgIpc) is 3.22. The van der Waals surface area contributed by atoms with E-state index < -0.39 is 0 Å². The third-order valence-corrected chi connectivity index (χ3v) is 5.16. The average molecular weight is 428 g/mol. The molecule has 3 aromatic rings. The number of benzene rings is 1. The maximum atomic E-state index is 13.3. The number of hydrogen-bond donors (Lipinski definition) is 2. The Labute approximate surface area is 153 Å². The van der Waals surface area contributed by atoms with Gasteiger partial charge < -0.3 is 5.32 Å². The summed E-state index contributed by atoms with van der Waals surface area (Å²) >= 11 is 6.11. The summed E-state index contributed by atoms with van der Waals surface area (Å²) in [5.74, 6) is 0.416. The maximum Gasteiger partial charge on any atom is 0.183 e. The molecule has 2 aromatic heterocycles. The van der Waals surface area contributed by atoms with E-state index in [2.05, 4.69) is 36.5 Å². The first kappa shape index (κ1) is 17.1. The zero-order chi connectivity index (χ0) is 16.9. The molecular formula is C14H11BrFN5OS2. The van der Waals surface area contributed by atoms with Crippen molar-refractivity contribution < 1.29 is 9.02 Å². The van der Waals surface area contributed by atoms with Crippen molar-refractivity contribution in [3.8, 4) is 0 Å². The molecule has 0 amide bonds. The van der Waals surface area contributed by atoms with Crippen LogP contribution in [0.2, 0.25) is 0 Å². The topological polar surface area (TPSA) is 87.7 Å². The minimum Gasteiger partial charge on any atom is -0.339 e. The molecule has 0 fully saturated rings. The van der Waals surface area contributed by atoms with Gasteiger partial charge in [0.05, 0.1) is 15.7 Å². The van der Waals surface area contributed by atoms with Crippen LogP contribution >= 0.6 is 39.0 Å². The van der Waals surface area contributed by atoms with Gasteiger partial charge in [-0.05, 0) is 50.9 Å². The Kier molecular flexibility index (Phi) is 5.59. The van der Waals surface area contributed by atoms with Gasteiger partial charge in [-0.2, -0.15) is 0 Å². The zero-order valence-electron chi connectivity index (χ0n) is 12.1. The molecular weight excluding hydrogens is 417 g/mol. The number of rotatable bonds is 6. The summed E-state index contributed by atoms with van der Waals surface area (Å²) in [6.07, 6.45) is 0.798. The molecule has 10 heteroatoms. The largest absolute Gasteiger partial charge is 0.339 e. The van der Waals surface area contributed by atoms with E-state index >= 15 is 0 Å². The summed E-state index contributed by atoms with van der Waals surface area (Å²) in [6.45, 7) is 0. The minimum atomic E-state index is -0.367. The third kappa shape index (κ3) is 4.19. The first-order valence-electron chi connectivity index (χ1n) is 6.77. The molecule has 0 aliphatic rings. The lowest BCUT2D eigenvalue weighted by molar-refractivity contribution is 0.298. The van der Waals surface area contributed by atoms with Gasteiger partial charge in [-0.25, -0.2) is 14.0 Å². The van der Waals surface area contributed by atoms with Crippen molar-refractivity contribution in [3.05, 3.63) is 50.8 Å². The van der Waals surface area contributed by atoms with Crippen molar-refractivity contribution in [1.29, 1.82) is 5.41 Å². The highest BCUT2D eigenvalue weighted by molar-refractivity contribution is 9.10. The lowest BCUT2D eigenvalue weighted by atomic mass is 10.3. The number of anilines is 1. The standard InChI is InChI=1S/C14H11BrFN5OS2/c15-10-5-8(1-2-11(10)16)19-13(17)12-14(21-22-20-12)24-4-3-9-6-23-7-18-9/h1-2,5-7H,3-4H2,(H2,17,19). The highest BCUT2D eigenvalue weighted by Crippen LogP contribution is 2.23. The molecule has 1 aromatic carbocycles. The number of halogens is 2. The number of nitrogens with zero attached hydrogens (tertiary/aromatic N) is 3. The fourth-order valence-corrected chi connectivity index (χ4v) is 3.66. The van der Waals surface area contributed by atoms with Gasteiger partial charge in [-0.15, -0.1) is 23.1 Å². The number of aryl methyl sites for hydroxylation is 1. The number of nitrogens with one attached hydrogen (secondary N) is 2. The lowest BCUT2D eigenvalue weighted by Gasteiger charge is -2.07. The van der Waals surface area contributed by atoms with Gasteiger partial charge in [0, 0.05) is 16.8 Å². The van der Waals surface area contributed by atoms with Gasteiger partial charge >= 0.3 is 0 Å². The van der Waals surface area contributed by atoms with Crippen molar-refractivity contribution in [2.45, 2.75) is 11.4 Å². The zero-order valence-corrected chi connectivity index (χ0v) is 15.3. The van der Waals surface area contributed by atoms with Crippen LogP contribution in [0.3, 0.4) is 0 Å². The number of amidine groups is 1. The summed E-state index contributed by atoms with van der Waals surface area (Å²) in [7, 11) is 0. The summed E-state index contributed by atoms with van der Waals surface area (Å²) in [6, 6.07) is 4.40. The molecule has 0 unspecified atom stereocenters. The maximum absolute atomic E-state index is 13.3. The monoisotopic (exact) mass is 427 g/mol. The van der Waals surface area contributed by atoms with E-state index in [-0.39, 0.29) is 11.7 Å². The van der Waals surface area contributed by atoms with Crippen molar-refractivity contribution in [3.63, 3.8) is 0 Å². The third-order valence-electron chi connectivity index (χ3n) is 2.96. The second-order valence-electron chi connectivity index (χ2n) is 4.63. The summed E-state index contributed by atoms with van der Waals surface area (Å²) < 4.78 is 18.3. The van der Waals surface area contributed by atoms with Crippen LogP contribution in [0.15, 0.2) is 43.2 Å².